The molecule has 0 radical (unpaired) electrons. The minimum Gasteiger partial charge on any atom is -0.469 e. The van der Waals surface area contributed by atoms with Crippen LogP contribution in [0.3, 0.4) is 0 Å². The number of Topliss-reactive ketones (excluding diaryl/α,β-unsaturated/α-hetero) is 1. The van der Waals surface area contributed by atoms with Gasteiger partial charge in [0, 0.05) is 113 Å². The molecule has 0 spiro atoms. The van der Waals surface area contributed by atoms with Crippen LogP contribution >= 0.6 is 11.8 Å². The molecule has 0 unspecified atom stereocenters. The Hall–Kier alpha value is -9.17. The van der Waals surface area contributed by atoms with Crippen molar-refractivity contribution in [2.45, 2.75) is 173 Å². The van der Waals surface area contributed by atoms with Gasteiger partial charge in [0.1, 0.15) is 15.6 Å². The Morgan fingerprint density at radius 2 is 0.722 bits per heavy atom. The molecule has 0 fully saturated rings. The van der Waals surface area contributed by atoms with Crippen LogP contribution < -0.4 is 41.9 Å². The number of aryl methyl sites for hydroxylation is 3. The molecular formula is C94H179N9O18S5. The van der Waals surface area contributed by atoms with Crippen molar-refractivity contribution < 1.29 is 81.4 Å². The molecule has 0 atom stereocenters. The van der Waals surface area contributed by atoms with Gasteiger partial charge in [-0.15, -0.1) is 18.4 Å². The average molecular weight is 1880 g/mol. The number of amides is 6. The molecule has 738 valence electrons. The number of benzene rings is 6. The molecule has 6 amide bonds. The van der Waals surface area contributed by atoms with Crippen molar-refractivity contribution in [1.82, 2.24) is 41.9 Å². The minimum absolute atomic E-state index is 0.00463. The van der Waals surface area contributed by atoms with Crippen molar-refractivity contribution in [2.24, 2.45) is 4.99 Å². The van der Waals surface area contributed by atoms with Gasteiger partial charge in [-0.25, -0.2) is 31.1 Å². The predicted molar refractivity (Wildman–Crippen MR) is 558 cm³/mol. The zero-order chi connectivity index (χ0) is 104. The number of hydrogen-bond acceptors (Lipinski definition) is 21. The van der Waals surface area contributed by atoms with Crippen molar-refractivity contribution in [2.75, 3.05) is 156 Å². The van der Waals surface area contributed by atoms with Crippen LogP contribution in [0.2, 0.25) is 0 Å². The molecule has 6 aromatic carbocycles. The number of carbonyl (C=O) groups excluding carboxylic acids is 7. The van der Waals surface area contributed by atoms with Crippen LogP contribution in [0.15, 0.2) is 169 Å². The number of ketones is 1. The third-order valence-corrected chi connectivity index (χ3v) is 11.3. The van der Waals surface area contributed by atoms with Crippen LogP contribution in [0.5, 0.6) is 0 Å². The first-order valence-corrected chi connectivity index (χ1v) is 49.3. The Morgan fingerprint density at radius 3 is 0.889 bits per heavy atom. The van der Waals surface area contributed by atoms with E-state index in [4.69, 9.17) is 0 Å². The summed E-state index contributed by atoms with van der Waals surface area (Å²) >= 11 is 1.75. The number of esters is 1. The van der Waals surface area contributed by atoms with Crippen LogP contribution in [-0.2, 0) is 83.1 Å². The summed E-state index contributed by atoms with van der Waals surface area (Å²) in [7, 11) is 13.6. The molecule has 32 heteroatoms. The molecule has 126 heavy (non-hydrogen) atoms. The maximum atomic E-state index is 10.2. The summed E-state index contributed by atoms with van der Waals surface area (Å²) in [5, 5.41) is 24.5. The smallest absolute Gasteiger partial charge is 0.406 e. The van der Waals surface area contributed by atoms with E-state index in [0.717, 1.165) is 32.1 Å². The van der Waals surface area contributed by atoms with Crippen LogP contribution in [0.1, 0.15) is 169 Å². The number of allylic oxidation sites excluding steroid dienone is 5. The maximum Gasteiger partial charge on any atom is 0.406 e. The monoisotopic (exact) mass is 1880 g/mol. The van der Waals surface area contributed by atoms with E-state index >= 15 is 0 Å². The summed E-state index contributed by atoms with van der Waals surface area (Å²) in [6, 6.07) is 44.4. The van der Waals surface area contributed by atoms with E-state index in [1.807, 2.05) is 173 Å². The number of rotatable bonds is 2. The second kappa shape index (κ2) is 136. The van der Waals surface area contributed by atoms with Gasteiger partial charge < -0.3 is 61.2 Å². The van der Waals surface area contributed by atoms with Crippen LogP contribution in [0, 0.1) is 32.6 Å². The Labute approximate surface area is 777 Å². The highest BCUT2D eigenvalue weighted by Gasteiger charge is 2.06. The molecule has 8 N–H and O–H groups in total. The van der Waals surface area contributed by atoms with Crippen molar-refractivity contribution in [3.8, 4) is 11.8 Å². The summed E-state index contributed by atoms with van der Waals surface area (Å²) in [6.45, 7) is 49.6. The van der Waals surface area contributed by atoms with Gasteiger partial charge in [-0.1, -0.05) is 213 Å². The average Bonchev–Trinajstić information content (AvgIpc) is 0.797. The number of aliphatic imine (C=N–C) groups is 1. The molecule has 0 saturated heterocycles. The number of ether oxygens (including phenoxy) is 3. The Bertz CT molecular complexity index is 3740. The number of fused-ring (bicyclic) bond motifs is 3. The fraction of sp³-hybridized carbons (Fsp3) is 0.511. The van der Waals surface area contributed by atoms with Crippen LogP contribution in [0.4, 0.5) is 9.59 Å². The molecule has 6 rings (SSSR count). The number of sulfonamides is 1. The Balaban J connectivity index is -0.0000000568. The summed E-state index contributed by atoms with van der Waals surface area (Å²) in [5.41, 5.74) is 5.18. The molecule has 6 aromatic rings. The first kappa shape index (κ1) is 164. The Morgan fingerprint density at radius 1 is 0.484 bits per heavy atom. The lowest BCUT2D eigenvalue weighted by molar-refractivity contribution is -0.138. The zero-order valence-corrected chi connectivity index (χ0v) is 90.8. The number of urea groups is 1. The summed E-state index contributed by atoms with van der Waals surface area (Å²) < 4.78 is 86.6. The van der Waals surface area contributed by atoms with Crippen molar-refractivity contribution >= 4 is 133 Å². The van der Waals surface area contributed by atoms with Gasteiger partial charge in [0.2, 0.25) is 15.9 Å². The molecule has 0 aliphatic carbocycles. The predicted octanol–water partition coefficient (Wildman–Crippen LogP) is 18.4. The van der Waals surface area contributed by atoms with Gasteiger partial charge >= 0.3 is 29.9 Å². The van der Waals surface area contributed by atoms with E-state index in [9.17, 15) is 63.0 Å². The molecule has 0 saturated carbocycles. The fourth-order valence-corrected chi connectivity index (χ4v) is 4.50. The van der Waals surface area contributed by atoms with E-state index in [1.165, 1.54) is 131 Å². The van der Waals surface area contributed by atoms with Crippen molar-refractivity contribution in [1.29, 1.82) is 0 Å². The highest BCUT2D eigenvalue weighted by Crippen LogP contribution is 2.25. The lowest BCUT2D eigenvalue weighted by Crippen LogP contribution is -2.35. The number of nitrogens with zero attached hydrogens (tertiary/aromatic N) is 1. The maximum absolute atomic E-state index is 10.2. The number of sulfone groups is 1. The minimum atomic E-state index is -3.16. The quantitative estimate of drug-likeness (QED) is 0.0152. The highest BCUT2D eigenvalue weighted by atomic mass is 32.2. The fourth-order valence-electron chi connectivity index (χ4n) is 4.50. The SMILES string of the molecule is C/C=C/C.C/C=C\C.C=C(C)C.CC.CC.CC.CC#CC.CC(C)=O.CC=NC.CCC.CNC.CNC(=O)C(=O)NC.CNC(=O)NC.CNC(=O)OC.CNC(C)=O.CNS(C)(=O)=O.COC.COC(C)=O.COS(C)(=O)=O.CS(C)(=O)=O.CS(C)=O.CSC.Cc1cccc2cc3ccccc3cc12.Cc1cccc2ccccc12.Cc1ccccc1. The van der Waals surface area contributed by atoms with E-state index in [-0.39, 0.29) is 23.7 Å². The summed E-state index contributed by atoms with van der Waals surface area (Å²) in [6.07, 6.45) is 22.4. The first-order valence-electron chi connectivity index (χ1n) is 39.7. The number of alkyl carbamates (subject to hydrolysis) is 1. The van der Waals surface area contributed by atoms with Gasteiger partial charge in [-0.3, -0.25) is 27.6 Å². The third kappa shape index (κ3) is 217. The number of methoxy groups -OCH3 is 3. The van der Waals surface area contributed by atoms with E-state index in [2.05, 4.69) is 228 Å². The van der Waals surface area contributed by atoms with Gasteiger partial charge in [0.15, 0.2) is 0 Å². The van der Waals surface area contributed by atoms with Crippen LogP contribution in [-0.4, -0.2) is 233 Å². The standard InChI is InChI=1S/C15H12.C11H10.C7H8.C4H8N2O2.3C4H8.C4H6.C3H8N2O.C3H7NO2.C3H7NO.C3H7N.C3H6O2.C3H6O.C3H8.C2H7NO2S.C2H7N.C2H6O3S.C2H6O2S.C2H6OS.C2H6O.C2H6S.3C2H6/c1-11-5-4-8-14-9-12-6-2-3-7-13(12)10-15(11)14;1-9-5-4-7-10-6-2-3-8-11(9)10;1-7-5-3-2-4-6-7;1-5-3(7)4(8)6-2;1-4(2)3;3*1-3-4-2;1-4-3(6)5-2;1-4-3(5)6-2;1-3(5)4-2;1-3-4-2;1-3(4)5-2;1-3(2)4;1-3-2;1-3-6(2,4)5;1-3-2;1-5-6(2,3)4;1-5(2,3)4;1-4(2)3;2*1-3-2;3*1-2/h2-10H,1H3;2-8H,1H3;2-6H,1H3;1-2H3,(H,5,7)(H,6,8);1H2,2-3H3;2*3-4H,1-2H3;1-2H3;1-2H3,(H2,4,5,6);1-2H3,(H,4,5);1-2H3,(H,4,5);3H,1-2H3;1-2H3;1-2H3;3H2,1-2H3;3H,1-2H3;3H,1-2H3;1-2H3;1-2H3;1-2H3;2*1-2H3;3*1-2H3/b;;;;;4-3+;4-3-;;;;;;;;;;;;;;;;;;. The number of thioether (sulfide) groups is 1. The molecule has 0 aromatic heterocycles. The van der Waals surface area contributed by atoms with E-state index in [0.29, 0.717) is 0 Å². The molecule has 0 aliphatic rings. The summed E-state index contributed by atoms with van der Waals surface area (Å²) in [4.78, 5) is 72.6. The third-order valence-electron chi connectivity index (χ3n) is 9.90. The lowest BCUT2D eigenvalue weighted by Gasteiger charge is -2.04. The number of hydrogen-bond donors (Lipinski definition) is 8. The van der Waals surface area contributed by atoms with Gasteiger partial charge in [0.25, 0.3) is 10.1 Å². The largest absolute Gasteiger partial charge is 0.469 e. The molecule has 0 aliphatic heterocycles. The summed E-state index contributed by atoms with van der Waals surface area (Å²) in [5.74, 6) is 4.05. The second-order valence-corrected chi connectivity index (χ2v) is 31.2. The van der Waals surface area contributed by atoms with Crippen LogP contribution in [0.25, 0.3) is 32.3 Å². The molecule has 0 bridgehead atoms. The normalized spacial score (nSPS) is 8.38. The van der Waals surface area contributed by atoms with Crippen molar-refractivity contribution in [3.63, 3.8) is 0 Å². The molecular weight excluding hydrogens is 1700 g/mol. The zero-order valence-electron chi connectivity index (χ0n) is 86.8. The molecule has 0 heterocycles. The number of nitrogens with one attached hydrogen (secondary N) is 8. The first-order chi connectivity index (χ1) is 58.6. The second-order valence-electron chi connectivity index (χ2n) is 22.9. The van der Waals surface area contributed by atoms with Gasteiger partial charge in [-0.2, -0.15) is 20.2 Å². The highest BCUT2D eigenvalue weighted by molar-refractivity contribution is 7.97. The number of likely N-dealkylation sites (N-methyl/N-ethyl adjacent to an activating group) is 2. The topological polar surface area (TPSA) is 384 Å². The number of carbonyl (C=O) groups is 7. The lowest BCUT2D eigenvalue weighted by atomic mass is 10.0. The van der Waals surface area contributed by atoms with Crippen molar-refractivity contribution in [3.05, 3.63) is 181 Å². The Kier molecular flexibility index (Phi) is 177. The van der Waals surface area contributed by atoms with Gasteiger partial charge in [-0.05, 0) is 192 Å². The van der Waals surface area contributed by atoms with E-state index < -0.39 is 58.7 Å². The molecule has 27 nitrogen and oxygen atoms in total. The van der Waals surface area contributed by atoms with Gasteiger partial charge in [0.05, 0.1) is 33.8 Å². The van der Waals surface area contributed by atoms with E-state index in [1.54, 1.807) is 72.9 Å².